The van der Waals surface area contributed by atoms with Crippen molar-refractivity contribution in [3.05, 3.63) is 35.4 Å². The molecular weight excluding hydrogens is 290 g/mol. The summed E-state index contributed by atoms with van der Waals surface area (Å²) < 4.78 is 5.17. The van der Waals surface area contributed by atoms with Crippen LogP contribution in [0.25, 0.3) is 5.57 Å². The van der Waals surface area contributed by atoms with E-state index in [1.165, 1.54) is 0 Å². The number of nitrogens with one attached hydrogen (secondary N) is 1. The molecule has 1 aromatic rings. The number of allylic oxidation sites excluding steroid dienone is 1. The van der Waals surface area contributed by atoms with Crippen molar-refractivity contribution < 1.29 is 14.3 Å². The number of anilines is 1. The van der Waals surface area contributed by atoms with Gasteiger partial charge in [-0.2, -0.15) is 0 Å². The van der Waals surface area contributed by atoms with E-state index < -0.39 is 5.41 Å². The van der Waals surface area contributed by atoms with Crippen molar-refractivity contribution in [2.45, 2.75) is 47.0 Å². The molecule has 124 valence electrons. The fourth-order valence-electron chi connectivity index (χ4n) is 2.65. The van der Waals surface area contributed by atoms with Gasteiger partial charge in [0.05, 0.1) is 6.61 Å². The van der Waals surface area contributed by atoms with Gasteiger partial charge in [-0.1, -0.05) is 39.0 Å². The van der Waals surface area contributed by atoms with Gasteiger partial charge in [0.25, 0.3) is 0 Å². The number of ether oxygens (including phenoxy) is 1. The molecule has 0 bridgehead atoms. The Balaban J connectivity index is 2.38. The van der Waals surface area contributed by atoms with Crippen LogP contribution in [0, 0.1) is 5.41 Å². The number of benzene rings is 1. The Bertz CT molecular complexity index is 638. The van der Waals surface area contributed by atoms with Gasteiger partial charge >= 0.3 is 5.97 Å². The van der Waals surface area contributed by atoms with Crippen LogP contribution in [-0.2, 0) is 14.3 Å². The van der Waals surface area contributed by atoms with Gasteiger partial charge in [-0.15, -0.1) is 0 Å². The number of esters is 1. The highest BCUT2D eigenvalue weighted by molar-refractivity contribution is 6.02. The van der Waals surface area contributed by atoms with Crippen LogP contribution in [-0.4, -0.2) is 18.5 Å². The first-order valence-electron chi connectivity index (χ1n) is 8.14. The maximum Gasteiger partial charge on any atom is 0.334 e. The molecule has 0 atom stereocenters. The normalized spacial score (nSPS) is 14.8. The summed E-state index contributed by atoms with van der Waals surface area (Å²) in [6, 6.07) is 7.66. The maximum absolute atomic E-state index is 12.3. The Morgan fingerprint density at radius 2 is 1.87 bits per heavy atom. The van der Waals surface area contributed by atoms with Crippen molar-refractivity contribution in [1.29, 1.82) is 0 Å². The second-order valence-corrected chi connectivity index (χ2v) is 6.78. The Hall–Kier alpha value is -2.10. The van der Waals surface area contributed by atoms with Crippen LogP contribution in [0.4, 0.5) is 5.69 Å². The molecule has 0 spiro atoms. The molecular formula is C19H25NO3. The van der Waals surface area contributed by atoms with Gasteiger partial charge in [-0.25, -0.2) is 4.79 Å². The zero-order valence-corrected chi connectivity index (χ0v) is 14.4. The lowest BCUT2D eigenvalue weighted by atomic mass is 9.94. The molecule has 0 fully saturated rings. The molecule has 1 aliphatic rings. The van der Waals surface area contributed by atoms with Crippen LogP contribution < -0.4 is 5.32 Å². The standard InChI is InChI=1S/C19H25NO3/c1-5-23-17(21)15-11-8-10-13(15)14-9-6-7-12-16(14)20-18(22)19(2,3)4/h6-7,9,12H,5,8,10-11H2,1-4H3,(H,20,22). The van der Waals surface area contributed by atoms with Crippen molar-refractivity contribution in [2.24, 2.45) is 5.41 Å². The first kappa shape index (κ1) is 17.3. The summed E-state index contributed by atoms with van der Waals surface area (Å²) in [5.74, 6) is -0.279. The molecule has 1 N–H and O–H groups in total. The van der Waals surface area contributed by atoms with Crippen molar-refractivity contribution in [3.8, 4) is 0 Å². The minimum absolute atomic E-state index is 0.0405. The monoisotopic (exact) mass is 315 g/mol. The highest BCUT2D eigenvalue weighted by Crippen LogP contribution is 2.38. The predicted molar refractivity (Wildman–Crippen MR) is 91.9 cm³/mol. The number of rotatable bonds is 4. The highest BCUT2D eigenvalue weighted by Gasteiger charge is 2.26. The molecule has 0 saturated carbocycles. The fourth-order valence-corrected chi connectivity index (χ4v) is 2.65. The third-order valence-corrected chi connectivity index (χ3v) is 3.92. The average Bonchev–Trinajstić information content (AvgIpc) is 2.96. The first-order chi connectivity index (χ1) is 10.8. The summed E-state index contributed by atoms with van der Waals surface area (Å²) in [6.45, 7) is 7.82. The molecule has 0 saturated heterocycles. The second-order valence-electron chi connectivity index (χ2n) is 6.78. The van der Waals surface area contributed by atoms with Crippen molar-refractivity contribution in [3.63, 3.8) is 0 Å². The topological polar surface area (TPSA) is 55.4 Å². The van der Waals surface area contributed by atoms with E-state index in [0.717, 1.165) is 41.7 Å². The van der Waals surface area contributed by atoms with E-state index in [0.29, 0.717) is 6.61 Å². The molecule has 0 unspecified atom stereocenters. The van der Waals surface area contributed by atoms with E-state index in [2.05, 4.69) is 5.32 Å². The number of carbonyl (C=O) groups excluding carboxylic acids is 2. The van der Waals surface area contributed by atoms with Crippen LogP contribution in [0.5, 0.6) is 0 Å². The molecule has 4 nitrogen and oxygen atoms in total. The molecule has 0 radical (unpaired) electrons. The van der Waals surface area contributed by atoms with Gasteiger partial charge in [0.15, 0.2) is 0 Å². The minimum Gasteiger partial charge on any atom is -0.463 e. The molecule has 1 aromatic carbocycles. The van der Waals surface area contributed by atoms with Crippen LogP contribution in [0.2, 0.25) is 0 Å². The van der Waals surface area contributed by atoms with Crippen LogP contribution >= 0.6 is 0 Å². The van der Waals surface area contributed by atoms with Crippen LogP contribution in [0.15, 0.2) is 29.8 Å². The smallest absolute Gasteiger partial charge is 0.334 e. The van der Waals surface area contributed by atoms with Gasteiger partial charge in [-0.05, 0) is 37.8 Å². The third-order valence-electron chi connectivity index (χ3n) is 3.92. The molecule has 0 heterocycles. The molecule has 1 amide bonds. The minimum atomic E-state index is -0.471. The molecule has 4 heteroatoms. The van der Waals surface area contributed by atoms with E-state index in [1.807, 2.05) is 52.0 Å². The average molecular weight is 315 g/mol. The summed E-state index contributed by atoms with van der Waals surface area (Å²) in [7, 11) is 0. The van der Waals surface area contributed by atoms with E-state index in [1.54, 1.807) is 0 Å². The number of hydrogen-bond donors (Lipinski definition) is 1. The lowest BCUT2D eigenvalue weighted by Crippen LogP contribution is -2.28. The van der Waals surface area contributed by atoms with Gasteiger partial charge in [0, 0.05) is 22.2 Å². The number of amides is 1. The first-order valence-corrected chi connectivity index (χ1v) is 8.14. The van der Waals surface area contributed by atoms with Crippen LogP contribution in [0.3, 0.4) is 0 Å². The molecule has 23 heavy (non-hydrogen) atoms. The zero-order valence-electron chi connectivity index (χ0n) is 14.4. The molecule has 2 rings (SSSR count). The summed E-state index contributed by atoms with van der Waals surface area (Å²) in [6.07, 6.45) is 2.50. The predicted octanol–water partition coefficient (Wildman–Crippen LogP) is 4.17. The van der Waals surface area contributed by atoms with Crippen molar-refractivity contribution in [2.75, 3.05) is 11.9 Å². The molecule has 0 aliphatic heterocycles. The largest absolute Gasteiger partial charge is 0.463 e. The van der Waals surface area contributed by atoms with Crippen LogP contribution in [0.1, 0.15) is 52.5 Å². The van der Waals surface area contributed by atoms with E-state index in [-0.39, 0.29) is 11.9 Å². The van der Waals surface area contributed by atoms with E-state index in [9.17, 15) is 9.59 Å². The van der Waals surface area contributed by atoms with E-state index in [4.69, 9.17) is 4.74 Å². The quantitative estimate of drug-likeness (QED) is 0.848. The lowest BCUT2D eigenvalue weighted by molar-refractivity contribution is -0.138. The SMILES string of the molecule is CCOC(=O)C1=C(c2ccccc2NC(=O)C(C)(C)C)CCC1. The zero-order chi connectivity index (χ0) is 17.0. The summed E-state index contributed by atoms with van der Waals surface area (Å²) in [5.41, 5.74) is 2.94. The Labute approximate surface area is 137 Å². The molecule has 0 aromatic heterocycles. The Morgan fingerprint density at radius 3 is 2.52 bits per heavy atom. The Kier molecular flexibility index (Phi) is 5.24. The maximum atomic E-state index is 12.3. The number of hydrogen-bond acceptors (Lipinski definition) is 3. The molecule has 1 aliphatic carbocycles. The summed E-state index contributed by atoms with van der Waals surface area (Å²) in [4.78, 5) is 24.5. The van der Waals surface area contributed by atoms with E-state index >= 15 is 0 Å². The lowest BCUT2D eigenvalue weighted by Gasteiger charge is -2.20. The summed E-state index contributed by atoms with van der Waals surface area (Å²) in [5, 5.41) is 2.99. The summed E-state index contributed by atoms with van der Waals surface area (Å²) >= 11 is 0. The van der Waals surface area contributed by atoms with Gasteiger partial charge in [0.2, 0.25) is 5.91 Å². The fraction of sp³-hybridized carbons (Fsp3) is 0.474. The highest BCUT2D eigenvalue weighted by atomic mass is 16.5. The third kappa shape index (κ3) is 4.01. The van der Waals surface area contributed by atoms with Crippen molar-refractivity contribution >= 4 is 23.1 Å². The number of carbonyl (C=O) groups is 2. The van der Waals surface area contributed by atoms with Gasteiger partial charge in [0.1, 0.15) is 0 Å². The van der Waals surface area contributed by atoms with Gasteiger partial charge < -0.3 is 10.1 Å². The number of para-hydroxylation sites is 1. The second kappa shape index (κ2) is 6.99. The van der Waals surface area contributed by atoms with Gasteiger partial charge in [-0.3, -0.25) is 4.79 Å². The van der Waals surface area contributed by atoms with Crippen molar-refractivity contribution in [1.82, 2.24) is 0 Å². The Morgan fingerprint density at radius 1 is 1.17 bits per heavy atom.